The number of benzene rings is 1. The lowest BCUT2D eigenvalue weighted by Gasteiger charge is -2.30. The van der Waals surface area contributed by atoms with Crippen LogP contribution in [0, 0.1) is 23.5 Å². The molecule has 0 spiro atoms. The Morgan fingerprint density at radius 2 is 1.83 bits per heavy atom. The summed E-state index contributed by atoms with van der Waals surface area (Å²) in [6, 6.07) is 2.32. The first-order valence-electron chi connectivity index (χ1n) is 9.90. The minimum absolute atomic E-state index is 0.0657. The molecule has 0 N–H and O–H groups in total. The lowest BCUT2D eigenvalue weighted by Crippen LogP contribution is -2.50. The van der Waals surface area contributed by atoms with Gasteiger partial charge in [-0.05, 0) is 37.3 Å². The first-order chi connectivity index (χ1) is 13.8. The molecule has 2 fully saturated rings. The molecule has 5 nitrogen and oxygen atoms in total. The molecule has 3 rings (SSSR count). The second-order valence-electron chi connectivity index (χ2n) is 7.77. The maximum atomic E-state index is 14.0. The lowest BCUT2D eigenvalue weighted by molar-refractivity contribution is -0.151. The zero-order valence-electron chi connectivity index (χ0n) is 16.7. The van der Waals surface area contributed by atoms with E-state index in [1.807, 2.05) is 6.26 Å². The Hall–Kier alpha value is -1.96. The second-order valence-corrected chi connectivity index (χ2v) is 8.76. The summed E-state index contributed by atoms with van der Waals surface area (Å²) in [5, 5.41) is 0. The molecule has 8 heteroatoms. The highest BCUT2D eigenvalue weighted by atomic mass is 32.2. The third kappa shape index (κ3) is 4.47. The molecule has 1 saturated heterocycles. The van der Waals surface area contributed by atoms with Gasteiger partial charge in [-0.2, -0.15) is 11.8 Å². The highest BCUT2D eigenvalue weighted by Crippen LogP contribution is 2.39. The Bertz CT molecular complexity index is 780. The van der Waals surface area contributed by atoms with Gasteiger partial charge >= 0.3 is 0 Å². The number of likely N-dealkylation sites (tertiary alicyclic amines) is 1. The van der Waals surface area contributed by atoms with Crippen LogP contribution >= 0.6 is 11.8 Å². The zero-order chi connectivity index (χ0) is 21.1. The normalized spacial score (nSPS) is 22.6. The number of hydrogen-bond acceptors (Lipinski definition) is 4. The van der Waals surface area contributed by atoms with Crippen molar-refractivity contribution < 1.29 is 23.2 Å². The number of fused-ring (bicyclic) bond motifs is 1. The Morgan fingerprint density at radius 1 is 1.21 bits per heavy atom. The minimum atomic E-state index is -0.887. The van der Waals surface area contributed by atoms with Gasteiger partial charge < -0.3 is 4.90 Å². The van der Waals surface area contributed by atoms with Crippen molar-refractivity contribution >= 4 is 29.5 Å². The number of carbonyl (C=O) groups is 3. The molecule has 1 aliphatic heterocycles. The van der Waals surface area contributed by atoms with Crippen LogP contribution in [0.2, 0.25) is 0 Å². The van der Waals surface area contributed by atoms with E-state index in [2.05, 4.69) is 0 Å². The van der Waals surface area contributed by atoms with E-state index >= 15 is 0 Å². The van der Waals surface area contributed by atoms with Crippen LogP contribution in [0.25, 0.3) is 0 Å². The third-order valence-electron chi connectivity index (χ3n) is 5.87. The second kappa shape index (κ2) is 9.24. The topological polar surface area (TPSA) is 57.7 Å². The van der Waals surface area contributed by atoms with Gasteiger partial charge in [0.1, 0.15) is 17.7 Å². The summed E-state index contributed by atoms with van der Waals surface area (Å²) in [4.78, 5) is 41.6. The van der Waals surface area contributed by atoms with E-state index in [1.54, 1.807) is 0 Å². The standard InChI is InChI=1S/C21H26F2N2O3S/c1-24(12-13-7-8-14(22)11-17(13)23)21(28)18(9-10-29-2)25-19(26)15-5-3-4-6-16(15)20(25)27/h7-8,11,15-16,18H,3-6,9-10,12H2,1-2H3. The van der Waals surface area contributed by atoms with Gasteiger partial charge in [-0.1, -0.05) is 18.9 Å². The molecule has 0 bridgehead atoms. The average molecular weight is 425 g/mol. The van der Waals surface area contributed by atoms with E-state index in [4.69, 9.17) is 0 Å². The van der Waals surface area contributed by atoms with Crippen molar-refractivity contribution in [1.29, 1.82) is 0 Å². The van der Waals surface area contributed by atoms with Crippen LogP contribution in [0.1, 0.15) is 37.7 Å². The SMILES string of the molecule is CSCCC(C(=O)N(C)Cc1ccc(F)cc1F)N1C(=O)C2CCCCC2C1=O. The van der Waals surface area contributed by atoms with Gasteiger partial charge in [0.05, 0.1) is 11.8 Å². The first-order valence-corrected chi connectivity index (χ1v) is 11.3. The first kappa shape index (κ1) is 21.7. The fourth-order valence-electron chi connectivity index (χ4n) is 4.33. The number of amides is 3. The average Bonchev–Trinajstić information content (AvgIpc) is 2.95. The largest absolute Gasteiger partial charge is 0.340 e. The van der Waals surface area contributed by atoms with E-state index in [-0.39, 0.29) is 35.8 Å². The Labute approximate surface area is 173 Å². The fourth-order valence-corrected chi connectivity index (χ4v) is 4.78. The van der Waals surface area contributed by atoms with E-state index < -0.39 is 23.6 Å². The molecule has 29 heavy (non-hydrogen) atoms. The summed E-state index contributed by atoms with van der Waals surface area (Å²) in [6.45, 7) is -0.0657. The Morgan fingerprint density at radius 3 is 2.38 bits per heavy atom. The molecule has 3 atom stereocenters. The number of likely N-dealkylation sites (N-methyl/N-ethyl adjacent to an activating group) is 1. The van der Waals surface area contributed by atoms with Crippen LogP contribution in [0.4, 0.5) is 8.78 Å². The van der Waals surface area contributed by atoms with E-state index in [0.29, 0.717) is 25.0 Å². The molecule has 1 heterocycles. The third-order valence-corrected chi connectivity index (χ3v) is 6.51. The summed E-state index contributed by atoms with van der Waals surface area (Å²) < 4.78 is 27.1. The smallest absolute Gasteiger partial charge is 0.245 e. The van der Waals surface area contributed by atoms with Crippen LogP contribution in [0.5, 0.6) is 0 Å². The zero-order valence-corrected chi connectivity index (χ0v) is 17.5. The van der Waals surface area contributed by atoms with Crippen molar-refractivity contribution in [2.75, 3.05) is 19.1 Å². The molecule has 3 unspecified atom stereocenters. The Kier molecular flexibility index (Phi) is 6.93. The predicted octanol–water partition coefficient (Wildman–Crippen LogP) is 3.22. The Balaban J connectivity index is 1.81. The minimum Gasteiger partial charge on any atom is -0.340 e. The summed E-state index contributed by atoms with van der Waals surface area (Å²) in [6.07, 6.45) is 5.46. The molecule has 1 aromatic rings. The van der Waals surface area contributed by atoms with E-state index in [0.717, 1.165) is 25.0 Å². The summed E-state index contributed by atoms with van der Waals surface area (Å²) in [7, 11) is 1.51. The van der Waals surface area contributed by atoms with Crippen molar-refractivity contribution in [1.82, 2.24) is 9.80 Å². The number of carbonyl (C=O) groups excluding carboxylic acids is 3. The molecule has 1 aliphatic carbocycles. The quantitative estimate of drug-likeness (QED) is 0.631. The number of hydrogen-bond donors (Lipinski definition) is 0. The number of imide groups is 1. The van der Waals surface area contributed by atoms with E-state index in [1.165, 1.54) is 34.7 Å². The maximum Gasteiger partial charge on any atom is 0.245 e. The monoisotopic (exact) mass is 424 g/mol. The van der Waals surface area contributed by atoms with E-state index in [9.17, 15) is 23.2 Å². The van der Waals surface area contributed by atoms with Crippen molar-refractivity contribution in [3.8, 4) is 0 Å². The molecule has 158 valence electrons. The van der Waals surface area contributed by atoms with Crippen LogP contribution in [0.3, 0.4) is 0 Å². The predicted molar refractivity (Wildman–Crippen MR) is 107 cm³/mol. The summed E-state index contributed by atoms with van der Waals surface area (Å²) in [5.74, 6) is -2.34. The summed E-state index contributed by atoms with van der Waals surface area (Å²) in [5.41, 5.74) is 0.179. The molecule has 3 amide bonds. The highest BCUT2D eigenvalue weighted by Gasteiger charge is 2.52. The molecular formula is C21H26F2N2O3S. The molecule has 1 aromatic carbocycles. The highest BCUT2D eigenvalue weighted by molar-refractivity contribution is 7.98. The number of nitrogens with zero attached hydrogens (tertiary/aromatic N) is 2. The van der Waals surface area contributed by atoms with Crippen LogP contribution in [-0.4, -0.2) is 52.6 Å². The van der Waals surface area contributed by atoms with Gasteiger partial charge in [-0.15, -0.1) is 0 Å². The van der Waals surface area contributed by atoms with Gasteiger partial charge in [0.25, 0.3) is 0 Å². The fraction of sp³-hybridized carbons (Fsp3) is 0.571. The van der Waals surface area contributed by atoms with Gasteiger partial charge in [-0.25, -0.2) is 8.78 Å². The van der Waals surface area contributed by atoms with Gasteiger partial charge in [0.15, 0.2) is 0 Å². The molecule has 0 radical (unpaired) electrons. The van der Waals surface area contributed by atoms with Crippen molar-refractivity contribution in [2.24, 2.45) is 11.8 Å². The number of halogens is 2. The molecular weight excluding hydrogens is 398 g/mol. The molecule has 0 aromatic heterocycles. The molecule has 2 aliphatic rings. The number of rotatable bonds is 7. The molecule has 1 saturated carbocycles. The van der Waals surface area contributed by atoms with Gasteiger partial charge in [-0.3, -0.25) is 19.3 Å². The van der Waals surface area contributed by atoms with Gasteiger partial charge in [0.2, 0.25) is 17.7 Å². The van der Waals surface area contributed by atoms with Crippen molar-refractivity contribution in [3.05, 3.63) is 35.4 Å². The lowest BCUT2D eigenvalue weighted by atomic mass is 9.81. The van der Waals surface area contributed by atoms with Crippen LogP contribution in [-0.2, 0) is 20.9 Å². The van der Waals surface area contributed by atoms with Gasteiger partial charge in [0, 0.05) is 25.2 Å². The van der Waals surface area contributed by atoms with Crippen molar-refractivity contribution in [2.45, 2.75) is 44.7 Å². The number of thioether (sulfide) groups is 1. The maximum absolute atomic E-state index is 14.0. The van der Waals surface area contributed by atoms with Crippen LogP contribution < -0.4 is 0 Å². The summed E-state index contributed by atoms with van der Waals surface area (Å²) >= 11 is 1.53. The van der Waals surface area contributed by atoms with Crippen molar-refractivity contribution in [3.63, 3.8) is 0 Å². The van der Waals surface area contributed by atoms with Crippen LogP contribution in [0.15, 0.2) is 18.2 Å².